The molecular formula is C17H24N4O2. The lowest BCUT2D eigenvalue weighted by atomic mass is 9.73. The number of nitriles is 1. The molecule has 0 aromatic rings. The number of rotatable bonds is 4. The fourth-order valence-electron chi connectivity index (χ4n) is 5.86. The second-order valence-electron chi connectivity index (χ2n) is 8.54. The first kappa shape index (κ1) is 14.9. The van der Waals surface area contributed by atoms with Gasteiger partial charge in [0.15, 0.2) is 0 Å². The average Bonchev–Trinajstić information content (AvgIpc) is 3.17. The second-order valence-corrected chi connectivity index (χ2v) is 8.54. The van der Waals surface area contributed by atoms with E-state index in [-0.39, 0.29) is 40.5 Å². The van der Waals surface area contributed by atoms with Gasteiger partial charge in [-0.25, -0.2) is 0 Å². The highest BCUT2D eigenvalue weighted by molar-refractivity contribution is 5.84. The molecule has 1 spiro atoms. The summed E-state index contributed by atoms with van der Waals surface area (Å²) >= 11 is 0. The molecule has 124 valence electrons. The highest BCUT2D eigenvalue weighted by Gasteiger charge is 2.80. The molecule has 6 nitrogen and oxygen atoms in total. The molecule has 4 aliphatic rings. The molecule has 2 aliphatic heterocycles. The SMILES string of the molecule is CC1(C)C2CNC(C(N)=O)C21[C@@H](C#N)C[C@@H]1CC2(CC2)NC1=O. The molecule has 4 N–H and O–H groups in total. The minimum atomic E-state index is -0.466. The van der Waals surface area contributed by atoms with Crippen molar-refractivity contribution in [3.8, 4) is 6.07 Å². The van der Waals surface area contributed by atoms with Gasteiger partial charge in [-0.1, -0.05) is 13.8 Å². The van der Waals surface area contributed by atoms with Crippen LogP contribution in [0.1, 0.15) is 39.5 Å². The summed E-state index contributed by atoms with van der Waals surface area (Å²) in [6, 6.07) is 1.97. The molecule has 0 aromatic carbocycles. The topological polar surface area (TPSA) is 108 Å². The van der Waals surface area contributed by atoms with E-state index in [1.54, 1.807) is 0 Å². The fourth-order valence-corrected chi connectivity index (χ4v) is 5.86. The number of hydrogen-bond donors (Lipinski definition) is 3. The van der Waals surface area contributed by atoms with Crippen LogP contribution >= 0.6 is 0 Å². The van der Waals surface area contributed by atoms with Crippen molar-refractivity contribution in [2.75, 3.05) is 6.54 Å². The number of hydrogen-bond acceptors (Lipinski definition) is 4. The normalized spacial score (nSPS) is 42.7. The molecule has 2 amide bonds. The molecule has 6 heteroatoms. The maximum absolute atomic E-state index is 12.3. The average molecular weight is 316 g/mol. The van der Waals surface area contributed by atoms with Gasteiger partial charge in [-0.15, -0.1) is 0 Å². The number of fused-ring (bicyclic) bond motifs is 1. The number of nitrogens with zero attached hydrogens (tertiary/aromatic N) is 1. The van der Waals surface area contributed by atoms with E-state index in [1.807, 2.05) is 0 Å². The number of nitrogens with two attached hydrogens (primary N) is 1. The van der Waals surface area contributed by atoms with Crippen LogP contribution in [0.4, 0.5) is 0 Å². The Morgan fingerprint density at radius 2 is 2.17 bits per heavy atom. The largest absolute Gasteiger partial charge is 0.368 e. The minimum Gasteiger partial charge on any atom is -0.368 e. The predicted molar refractivity (Wildman–Crippen MR) is 82.6 cm³/mol. The summed E-state index contributed by atoms with van der Waals surface area (Å²) in [6.45, 7) is 4.96. The van der Waals surface area contributed by atoms with Crippen LogP contribution in [0.25, 0.3) is 0 Å². The molecule has 0 radical (unpaired) electrons. The zero-order valence-electron chi connectivity index (χ0n) is 13.7. The summed E-state index contributed by atoms with van der Waals surface area (Å²) in [7, 11) is 0. The molecule has 0 aromatic heterocycles. The van der Waals surface area contributed by atoms with Crippen molar-refractivity contribution in [3.63, 3.8) is 0 Å². The summed E-state index contributed by atoms with van der Waals surface area (Å²) in [6.07, 6.45) is 3.48. The number of carbonyl (C=O) groups excluding carboxylic acids is 2. The second kappa shape index (κ2) is 4.27. The number of amides is 2. The molecule has 2 saturated heterocycles. The van der Waals surface area contributed by atoms with Crippen LogP contribution in [-0.2, 0) is 9.59 Å². The van der Waals surface area contributed by atoms with Crippen LogP contribution in [0.15, 0.2) is 0 Å². The molecule has 4 fully saturated rings. The van der Waals surface area contributed by atoms with Crippen molar-refractivity contribution in [1.29, 1.82) is 5.26 Å². The monoisotopic (exact) mass is 316 g/mol. The van der Waals surface area contributed by atoms with E-state index < -0.39 is 11.5 Å². The van der Waals surface area contributed by atoms with E-state index in [1.165, 1.54) is 0 Å². The third kappa shape index (κ3) is 1.72. The van der Waals surface area contributed by atoms with E-state index in [0.717, 1.165) is 25.8 Å². The van der Waals surface area contributed by atoms with Gasteiger partial charge in [0.25, 0.3) is 0 Å². The third-order valence-corrected chi connectivity index (χ3v) is 7.27. The first-order valence-electron chi connectivity index (χ1n) is 8.53. The van der Waals surface area contributed by atoms with E-state index >= 15 is 0 Å². The maximum atomic E-state index is 12.3. The highest BCUT2D eigenvalue weighted by Crippen LogP contribution is 2.76. The Bertz CT molecular complexity index is 633. The molecule has 2 saturated carbocycles. The molecule has 2 heterocycles. The van der Waals surface area contributed by atoms with Crippen LogP contribution in [-0.4, -0.2) is 29.9 Å². The smallest absolute Gasteiger partial charge is 0.235 e. The summed E-state index contributed by atoms with van der Waals surface area (Å²) in [5, 5.41) is 16.1. The summed E-state index contributed by atoms with van der Waals surface area (Å²) < 4.78 is 0. The van der Waals surface area contributed by atoms with Gasteiger partial charge in [0, 0.05) is 16.9 Å². The van der Waals surface area contributed by atoms with Crippen LogP contribution < -0.4 is 16.4 Å². The minimum absolute atomic E-state index is 0.0227. The predicted octanol–water partition coefficient (Wildman–Crippen LogP) is 0.284. The molecule has 3 unspecified atom stereocenters. The first-order valence-corrected chi connectivity index (χ1v) is 8.53. The van der Waals surface area contributed by atoms with Crippen molar-refractivity contribution < 1.29 is 9.59 Å². The molecule has 2 aliphatic carbocycles. The number of piperidine rings is 1. The number of nitrogens with one attached hydrogen (secondary N) is 2. The van der Waals surface area contributed by atoms with Crippen LogP contribution in [0.3, 0.4) is 0 Å². The zero-order chi connectivity index (χ0) is 16.6. The number of primary amides is 1. The van der Waals surface area contributed by atoms with Gasteiger partial charge in [-0.05, 0) is 43.6 Å². The van der Waals surface area contributed by atoms with E-state index in [4.69, 9.17) is 5.73 Å². The van der Waals surface area contributed by atoms with Gasteiger partial charge in [-0.3, -0.25) is 9.59 Å². The highest BCUT2D eigenvalue weighted by atomic mass is 16.2. The van der Waals surface area contributed by atoms with Crippen molar-refractivity contribution in [1.82, 2.24) is 10.6 Å². The number of carbonyl (C=O) groups is 2. The van der Waals surface area contributed by atoms with E-state index in [9.17, 15) is 14.9 Å². The van der Waals surface area contributed by atoms with Crippen molar-refractivity contribution in [2.45, 2.75) is 51.1 Å². The van der Waals surface area contributed by atoms with Crippen molar-refractivity contribution in [3.05, 3.63) is 0 Å². The Labute approximate surface area is 136 Å². The van der Waals surface area contributed by atoms with Gasteiger partial charge in [0.05, 0.1) is 18.0 Å². The molecule has 23 heavy (non-hydrogen) atoms. The third-order valence-electron chi connectivity index (χ3n) is 7.27. The van der Waals surface area contributed by atoms with Crippen molar-refractivity contribution >= 4 is 11.8 Å². The first-order chi connectivity index (χ1) is 10.8. The molecule has 0 bridgehead atoms. The summed E-state index contributed by atoms with van der Waals surface area (Å²) in [4.78, 5) is 24.2. The molecular weight excluding hydrogens is 292 g/mol. The lowest BCUT2D eigenvalue weighted by Gasteiger charge is -2.31. The Morgan fingerprint density at radius 1 is 1.48 bits per heavy atom. The zero-order valence-corrected chi connectivity index (χ0v) is 13.7. The summed E-state index contributed by atoms with van der Waals surface area (Å²) in [5.74, 6) is -0.456. The Morgan fingerprint density at radius 3 is 2.65 bits per heavy atom. The summed E-state index contributed by atoms with van der Waals surface area (Å²) in [5.41, 5.74) is 5.12. The standard InChI is InChI=1S/C17H24N4O2/c1-15(2)11-8-20-12(13(19)22)17(11,15)10(7-18)5-9-6-16(3-4-16)21-14(9)23/h9-12,20H,3-6,8H2,1-2H3,(H2,19,22)(H,21,23)/t9-,10-,11?,12?,17?/m1/s1. The van der Waals surface area contributed by atoms with Crippen LogP contribution in [0, 0.1) is 39.9 Å². The van der Waals surface area contributed by atoms with Gasteiger partial charge >= 0.3 is 0 Å². The molecule has 4 rings (SSSR count). The van der Waals surface area contributed by atoms with E-state index in [0.29, 0.717) is 6.42 Å². The lowest BCUT2D eigenvalue weighted by molar-refractivity contribution is -0.123. The van der Waals surface area contributed by atoms with Gasteiger partial charge in [0.2, 0.25) is 11.8 Å². The quantitative estimate of drug-likeness (QED) is 0.692. The fraction of sp³-hybridized carbons (Fsp3) is 0.824. The van der Waals surface area contributed by atoms with Crippen LogP contribution in [0.5, 0.6) is 0 Å². The van der Waals surface area contributed by atoms with Gasteiger partial charge in [-0.2, -0.15) is 5.26 Å². The maximum Gasteiger partial charge on any atom is 0.235 e. The lowest BCUT2D eigenvalue weighted by Crippen LogP contribution is -2.49. The molecule has 5 atom stereocenters. The van der Waals surface area contributed by atoms with Gasteiger partial charge < -0.3 is 16.4 Å². The Balaban J connectivity index is 1.60. The Hall–Kier alpha value is -1.61. The van der Waals surface area contributed by atoms with E-state index in [2.05, 4.69) is 30.6 Å². The van der Waals surface area contributed by atoms with Crippen molar-refractivity contribution in [2.24, 2.45) is 34.3 Å². The van der Waals surface area contributed by atoms with Gasteiger partial charge in [0.1, 0.15) is 0 Å². The Kier molecular flexibility index (Phi) is 2.77. The van der Waals surface area contributed by atoms with Crippen LogP contribution in [0.2, 0.25) is 0 Å².